The van der Waals surface area contributed by atoms with E-state index >= 15 is 0 Å². The number of aliphatic hydroxyl groups excluding tert-OH is 1. The van der Waals surface area contributed by atoms with Crippen LogP contribution in [-0.2, 0) is 0 Å². The summed E-state index contributed by atoms with van der Waals surface area (Å²) in [6, 6.07) is 9.39. The SMILES string of the molecule is CC(C)(C)C1(C(O)c2ccccc2)CCCCN1C(=O)O. The average Bonchev–Trinajstić information content (AvgIpc) is 2.46. The van der Waals surface area contributed by atoms with E-state index in [1.54, 1.807) is 0 Å². The van der Waals surface area contributed by atoms with Crippen LogP contribution < -0.4 is 0 Å². The number of amides is 1. The average molecular weight is 291 g/mol. The number of aliphatic hydroxyl groups is 1. The van der Waals surface area contributed by atoms with Crippen molar-refractivity contribution in [2.24, 2.45) is 5.41 Å². The van der Waals surface area contributed by atoms with E-state index in [0.29, 0.717) is 13.0 Å². The second kappa shape index (κ2) is 5.68. The molecule has 0 bridgehead atoms. The lowest BCUT2D eigenvalue weighted by molar-refractivity contribution is -0.107. The summed E-state index contributed by atoms with van der Waals surface area (Å²) in [5.41, 5.74) is -0.375. The quantitative estimate of drug-likeness (QED) is 0.874. The van der Waals surface area contributed by atoms with Crippen molar-refractivity contribution in [3.8, 4) is 0 Å². The van der Waals surface area contributed by atoms with Crippen LogP contribution in [0, 0.1) is 5.41 Å². The summed E-state index contributed by atoms with van der Waals surface area (Å²) in [6.45, 7) is 6.53. The van der Waals surface area contributed by atoms with E-state index in [9.17, 15) is 15.0 Å². The van der Waals surface area contributed by atoms with Crippen molar-refractivity contribution < 1.29 is 15.0 Å². The van der Waals surface area contributed by atoms with Gasteiger partial charge in [0.15, 0.2) is 0 Å². The van der Waals surface area contributed by atoms with Crippen LogP contribution >= 0.6 is 0 Å². The normalized spacial score (nSPS) is 24.7. The van der Waals surface area contributed by atoms with Crippen LogP contribution in [0.15, 0.2) is 30.3 Å². The van der Waals surface area contributed by atoms with Gasteiger partial charge in [0.1, 0.15) is 6.10 Å². The third-order valence-corrected chi connectivity index (χ3v) is 4.77. The smallest absolute Gasteiger partial charge is 0.407 e. The van der Waals surface area contributed by atoms with Crippen LogP contribution in [0.3, 0.4) is 0 Å². The molecule has 2 rings (SSSR count). The van der Waals surface area contributed by atoms with Gasteiger partial charge in [-0.25, -0.2) is 4.79 Å². The number of nitrogens with zero attached hydrogens (tertiary/aromatic N) is 1. The molecule has 116 valence electrons. The fraction of sp³-hybridized carbons (Fsp3) is 0.588. The number of carboxylic acid groups (broad SMARTS) is 1. The minimum Gasteiger partial charge on any atom is -0.465 e. The van der Waals surface area contributed by atoms with Gasteiger partial charge in [-0.1, -0.05) is 51.1 Å². The molecule has 2 N–H and O–H groups in total. The summed E-state index contributed by atoms with van der Waals surface area (Å²) < 4.78 is 0. The Balaban J connectivity index is 2.53. The Morgan fingerprint density at radius 3 is 2.38 bits per heavy atom. The molecule has 1 amide bonds. The van der Waals surface area contributed by atoms with E-state index in [1.807, 2.05) is 51.1 Å². The molecule has 1 aromatic carbocycles. The second-order valence-electron chi connectivity index (χ2n) is 6.88. The molecule has 1 heterocycles. The largest absolute Gasteiger partial charge is 0.465 e. The Morgan fingerprint density at radius 2 is 1.86 bits per heavy atom. The van der Waals surface area contributed by atoms with Gasteiger partial charge >= 0.3 is 6.09 Å². The minimum absolute atomic E-state index is 0.360. The molecular weight excluding hydrogens is 266 g/mol. The van der Waals surface area contributed by atoms with Gasteiger partial charge in [0, 0.05) is 6.54 Å². The number of hydrogen-bond acceptors (Lipinski definition) is 2. The van der Waals surface area contributed by atoms with Gasteiger partial charge in [-0.05, 0) is 30.2 Å². The van der Waals surface area contributed by atoms with Crippen molar-refractivity contribution in [3.05, 3.63) is 35.9 Å². The molecule has 2 atom stereocenters. The van der Waals surface area contributed by atoms with E-state index in [-0.39, 0.29) is 5.41 Å². The summed E-state index contributed by atoms with van der Waals surface area (Å²) in [7, 11) is 0. The van der Waals surface area contributed by atoms with E-state index < -0.39 is 17.7 Å². The second-order valence-corrected chi connectivity index (χ2v) is 6.88. The van der Waals surface area contributed by atoms with Gasteiger partial charge < -0.3 is 10.2 Å². The monoisotopic (exact) mass is 291 g/mol. The van der Waals surface area contributed by atoms with Gasteiger partial charge in [0.05, 0.1) is 5.54 Å². The standard InChI is InChI=1S/C17H25NO3/c1-16(2,3)17(11-7-8-12-18(17)15(20)21)14(19)13-9-5-4-6-10-13/h4-6,9-10,14,19H,7-8,11-12H2,1-3H3,(H,20,21). The molecule has 4 heteroatoms. The molecule has 4 nitrogen and oxygen atoms in total. The van der Waals surface area contributed by atoms with Gasteiger partial charge in [-0.2, -0.15) is 0 Å². The highest BCUT2D eigenvalue weighted by atomic mass is 16.4. The number of likely N-dealkylation sites (tertiary alicyclic amines) is 1. The Labute approximate surface area is 126 Å². The fourth-order valence-electron chi connectivity index (χ4n) is 3.65. The maximum absolute atomic E-state index is 11.8. The van der Waals surface area contributed by atoms with E-state index in [2.05, 4.69) is 0 Å². The summed E-state index contributed by atoms with van der Waals surface area (Å²) >= 11 is 0. The molecule has 1 aliphatic rings. The molecule has 2 unspecified atom stereocenters. The number of rotatable bonds is 2. The van der Waals surface area contributed by atoms with Crippen LogP contribution in [0.4, 0.5) is 4.79 Å². The minimum atomic E-state index is -0.945. The zero-order chi connectivity index (χ0) is 15.7. The number of benzene rings is 1. The molecule has 0 spiro atoms. The van der Waals surface area contributed by atoms with Crippen LogP contribution in [-0.4, -0.2) is 33.3 Å². The fourth-order valence-corrected chi connectivity index (χ4v) is 3.65. The molecule has 1 aromatic rings. The summed E-state index contributed by atoms with van der Waals surface area (Å²) in [5, 5.41) is 20.7. The van der Waals surface area contributed by atoms with Crippen molar-refractivity contribution in [2.45, 2.75) is 51.7 Å². The number of hydrogen-bond donors (Lipinski definition) is 2. The lowest BCUT2D eigenvalue weighted by Gasteiger charge is -2.56. The maximum Gasteiger partial charge on any atom is 0.407 e. The van der Waals surface area contributed by atoms with Crippen LogP contribution in [0.25, 0.3) is 0 Å². The highest BCUT2D eigenvalue weighted by Crippen LogP contribution is 2.50. The van der Waals surface area contributed by atoms with Gasteiger partial charge in [-0.15, -0.1) is 0 Å². The molecule has 0 aromatic heterocycles. The lowest BCUT2D eigenvalue weighted by Crippen LogP contribution is -2.64. The summed E-state index contributed by atoms with van der Waals surface area (Å²) in [4.78, 5) is 13.2. The molecular formula is C17H25NO3. The molecule has 1 fully saturated rings. The molecule has 0 radical (unpaired) electrons. The Kier molecular flexibility index (Phi) is 4.28. The van der Waals surface area contributed by atoms with Crippen LogP contribution in [0.5, 0.6) is 0 Å². The Morgan fingerprint density at radius 1 is 1.24 bits per heavy atom. The number of carbonyl (C=O) groups is 1. The van der Waals surface area contributed by atoms with Crippen LogP contribution in [0.2, 0.25) is 0 Å². The lowest BCUT2D eigenvalue weighted by atomic mass is 9.63. The molecule has 1 saturated heterocycles. The van der Waals surface area contributed by atoms with Crippen molar-refractivity contribution in [3.63, 3.8) is 0 Å². The summed E-state index contributed by atoms with van der Waals surface area (Å²) in [5.74, 6) is 0. The van der Waals surface area contributed by atoms with Gasteiger partial charge in [-0.3, -0.25) is 4.90 Å². The first-order valence-corrected chi connectivity index (χ1v) is 7.54. The summed E-state index contributed by atoms with van der Waals surface area (Å²) in [6.07, 6.45) is 0.699. The Bertz CT molecular complexity index is 495. The zero-order valence-corrected chi connectivity index (χ0v) is 13.0. The van der Waals surface area contributed by atoms with E-state index in [0.717, 1.165) is 18.4 Å². The molecule has 21 heavy (non-hydrogen) atoms. The topological polar surface area (TPSA) is 60.8 Å². The van der Waals surface area contributed by atoms with Crippen LogP contribution in [0.1, 0.15) is 51.7 Å². The number of piperidine rings is 1. The molecule has 1 aliphatic heterocycles. The third-order valence-electron chi connectivity index (χ3n) is 4.77. The predicted octanol–water partition coefficient (Wildman–Crippen LogP) is 3.67. The first kappa shape index (κ1) is 15.8. The first-order chi connectivity index (χ1) is 9.80. The molecule has 0 aliphatic carbocycles. The van der Waals surface area contributed by atoms with Crippen molar-refractivity contribution in [2.75, 3.05) is 6.54 Å². The predicted molar refractivity (Wildman–Crippen MR) is 82.2 cm³/mol. The van der Waals surface area contributed by atoms with Gasteiger partial charge in [0.25, 0.3) is 0 Å². The first-order valence-electron chi connectivity index (χ1n) is 7.54. The van der Waals surface area contributed by atoms with Crippen molar-refractivity contribution in [1.29, 1.82) is 0 Å². The molecule has 0 saturated carbocycles. The van der Waals surface area contributed by atoms with Gasteiger partial charge in [0.2, 0.25) is 0 Å². The highest BCUT2D eigenvalue weighted by Gasteiger charge is 2.55. The van der Waals surface area contributed by atoms with Crippen molar-refractivity contribution in [1.82, 2.24) is 4.90 Å². The zero-order valence-electron chi connectivity index (χ0n) is 13.0. The highest BCUT2D eigenvalue weighted by molar-refractivity contribution is 5.67. The van der Waals surface area contributed by atoms with E-state index in [1.165, 1.54) is 4.90 Å². The van der Waals surface area contributed by atoms with Crippen molar-refractivity contribution >= 4 is 6.09 Å². The van der Waals surface area contributed by atoms with E-state index in [4.69, 9.17) is 0 Å². The Hall–Kier alpha value is -1.55. The third kappa shape index (κ3) is 2.64. The maximum atomic E-state index is 11.8.